The standard InChI is InChI=1S/C17H24N.Na/c1-2-3-4-5-6-7-8-12-16-14-15-11-9-10-13-17(15)18-16;/h9,11,13-14,18H,2-8,12H2,1H3;. The summed E-state index contributed by atoms with van der Waals surface area (Å²) in [6, 6.07) is 9.13. The molecule has 0 aliphatic heterocycles. The number of H-pyrrole nitrogens is 1. The zero-order valence-electron chi connectivity index (χ0n) is 12.5. The molecule has 0 atom stereocenters. The quantitative estimate of drug-likeness (QED) is 0.542. The van der Waals surface area contributed by atoms with Gasteiger partial charge in [0, 0.05) is 0 Å². The molecule has 0 radical (unpaired) electrons. The van der Waals surface area contributed by atoms with Crippen molar-refractivity contribution in [1.82, 2.24) is 4.98 Å². The van der Waals surface area contributed by atoms with Crippen molar-refractivity contribution in [1.29, 1.82) is 0 Å². The van der Waals surface area contributed by atoms with Gasteiger partial charge in [0.15, 0.2) is 0 Å². The van der Waals surface area contributed by atoms with Crippen LogP contribution in [0.4, 0.5) is 0 Å². The molecule has 0 spiro atoms. The molecule has 98 valence electrons. The Hall–Kier alpha value is -0.240. The van der Waals surface area contributed by atoms with Gasteiger partial charge in [-0.25, -0.2) is 0 Å². The van der Waals surface area contributed by atoms with Crippen LogP contribution in [0.5, 0.6) is 0 Å². The first-order valence-corrected chi connectivity index (χ1v) is 8.88. The second-order valence-electron chi connectivity index (χ2n) is 5.76. The van der Waals surface area contributed by atoms with E-state index in [9.17, 15) is 0 Å². The fourth-order valence-corrected chi connectivity index (χ4v) is 3.16. The van der Waals surface area contributed by atoms with Gasteiger partial charge in [-0.2, -0.15) is 0 Å². The number of fused-ring (bicyclic) bond motifs is 1. The topological polar surface area (TPSA) is 15.8 Å². The normalized spacial score (nSPS) is 11.3. The van der Waals surface area contributed by atoms with E-state index >= 15 is 0 Å². The van der Waals surface area contributed by atoms with Crippen LogP contribution in [0.25, 0.3) is 10.9 Å². The Morgan fingerprint density at radius 3 is 2.47 bits per heavy atom. The summed E-state index contributed by atoms with van der Waals surface area (Å²) >= 11 is 1.14. The number of rotatable bonds is 8. The molecule has 0 amide bonds. The maximum atomic E-state index is 3.57. The predicted molar refractivity (Wildman–Crippen MR) is 85.4 cm³/mol. The molecule has 0 aliphatic rings. The van der Waals surface area contributed by atoms with Crippen molar-refractivity contribution in [2.24, 2.45) is 0 Å². The SMILES string of the molecule is CCCCCCCCCc1cc2cc[c]([Na])cc2[nH]1. The van der Waals surface area contributed by atoms with Gasteiger partial charge in [-0.15, -0.1) is 0 Å². The molecule has 0 aliphatic carbocycles. The van der Waals surface area contributed by atoms with Gasteiger partial charge in [-0.3, -0.25) is 0 Å². The van der Waals surface area contributed by atoms with E-state index < -0.39 is 0 Å². The van der Waals surface area contributed by atoms with Gasteiger partial charge >= 0.3 is 122 Å². The second-order valence-corrected chi connectivity index (χ2v) is 6.91. The van der Waals surface area contributed by atoms with E-state index in [4.69, 9.17) is 0 Å². The summed E-state index contributed by atoms with van der Waals surface area (Å²) in [6.07, 6.45) is 10.9. The fraction of sp³-hybridized carbons (Fsp3) is 0.529. The first-order chi connectivity index (χ1) is 9.29. The average molecular weight is 265 g/mol. The molecule has 0 bridgehead atoms. The van der Waals surface area contributed by atoms with E-state index in [0.29, 0.717) is 0 Å². The van der Waals surface area contributed by atoms with Crippen molar-refractivity contribution in [3.05, 3.63) is 30.0 Å². The van der Waals surface area contributed by atoms with Crippen LogP contribution >= 0.6 is 0 Å². The van der Waals surface area contributed by atoms with Gasteiger partial charge in [0.2, 0.25) is 0 Å². The molecule has 0 saturated carbocycles. The molecule has 19 heavy (non-hydrogen) atoms. The summed E-state index contributed by atoms with van der Waals surface area (Å²) in [6.45, 7) is 2.28. The van der Waals surface area contributed by atoms with E-state index in [-0.39, 0.29) is 0 Å². The molecule has 1 aromatic heterocycles. The Balaban J connectivity index is 1.72. The molecular formula is C17H24NNa. The number of benzene rings is 1. The summed E-state index contributed by atoms with van der Waals surface area (Å²) < 4.78 is 1.47. The molecule has 1 aromatic carbocycles. The number of aromatic amines is 1. The Bertz CT molecular complexity index is 501. The third-order valence-corrected chi connectivity index (χ3v) is 4.51. The van der Waals surface area contributed by atoms with Crippen molar-refractivity contribution >= 4 is 41.6 Å². The van der Waals surface area contributed by atoms with Gasteiger partial charge in [-0.1, -0.05) is 13.3 Å². The van der Waals surface area contributed by atoms with E-state index in [1.807, 2.05) is 0 Å². The molecule has 1 N–H and O–H groups in total. The number of unbranched alkanes of at least 4 members (excludes halogenated alkanes) is 6. The maximum absolute atomic E-state index is 3.57. The Morgan fingerprint density at radius 2 is 1.68 bits per heavy atom. The monoisotopic (exact) mass is 265 g/mol. The first-order valence-electron chi connectivity index (χ1n) is 7.88. The van der Waals surface area contributed by atoms with Crippen LogP contribution in [0.15, 0.2) is 24.3 Å². The van der Waals surface area contributed by atoms with Crippen LogP contribution in [0.2, 0.25) is 0 Å². The summed E-state index contributed by atoms with van der Waals surface area (Å²) in [5, 5.41) is 1.37. The van der Waals surface area contributed by atoms with Crippen LogP contribution in [-0.2, 0) is 6.42 Å². The number of nitrogens with one attached hydrogen (secondary N) is 1. The molecule has 2 aromatic rings. The van der Waals surface area contributed by atoms with E-state index in [1.54, 1.807) is 0 Å². The Kier molecular flexibility index (Phi) is 6.49. The zero-order valence-corrected chi connectivity index (χ0v) is 14.5. The van der Waals surface area contributed by atoms with Crippen LogP contribution < -0.4 is 2.81 Å². The Morgan fingerprint density at radius 1 is 0.947 bits per heavy atom. The summed E-state index contributed by atoms with van der Waals surface area (Å²) in [5.74, 6) is 0. The van der Waals surface area contributed by atoms with Crippen molar-refractivity contribution in [2.75, 3.05) is 0 Å². The van der Waals surface area contributed by atoms with Gasteiger partial charge in [0.05, 0.1) is 0 Å². The van der Waals surface area contributed by atoms with Crippen LogP contribution in [0.3, 0.4) is 0 Å². The molecule has 1 heterocycles. The minimum absolute atomic E-state index is 1.14. The minimum atomic E-state index is 1.14. The number of aryl methyl sites for hydroxylation is 1. The number of hydrogen-bond acceptors (Lipinski definition) is 0. The number of hydrogen-bond donors (Lipinski definition) is 1. The van der Waals surface area contributed by atoms with Gasteiger partial charge in [0.1, 0.15) is 0 Å². The fourth-order valence-electron chi connectivity index (χ4n) is 2.71. The zero-order chi connectivity index (χ0) is 13.5. The van der Waals surface area contributed by atoms with Crippen LogP contribution in [0.1, 0.15) is 57.6 Å². The Labute approximate surface area is 134 Å². The second kappa shape index (κ2) is 8.14. The van der Waals surface area contributed by atoms with Gasteiger partial charge < -0.3 is 0 Å². The molecule has 2 rings (SSSR count). The number of aromatic nitrogens is 1. The van der Waals surface area contributed by atoms with Gasteiger partial charge in [0.25, 0.3) is 0 Å². The van der Waals surface area contributed by atoms with E-state index in [2.05, 4.69) is 36.2 Å². The summed E-state index contributed by atoms with van der Waals surface area (Å²) in [5.41, 5.74) is 2.74. The van der Waals surface area contributed by atoms with Crippen molar-refractivity contribution < 1.29 is 0 Å². The molecule has 0 saturated heterocycles. The summed E-state index contributed by atoms with van der Waals surface area (Å²) in [7, 11) is 0. The molecule has 0 unspecified atom stereocenters. The molecule has 1 nitrogen and oxygen atoms in total. The summed E-state index contributed by atoms with van der Waals surface area (Å²) in [4.78, 5) is 3.57. The predicted octanol–water partition coefficient (Wildman–Crippen LogP) is 4.25. The van der Waals surface area contributed by atoms with Crippen molar-refractivity contribution in [3.8, 4) is 0 Å². The average Bonchev–Trinajstić information content (AvgIpc) is 2.79. The van der Waals surface area contributed by atoms with Crippen LogP contribution in [0, 0.1) is 0 Å². The third-order valence-electron chi connectivity index (χ3n) is 3.88. The third kappa shape index (κ3) is 4.98. The molecule has 0 fully saturated rings. The van der Waals surface area contributed by atoms with Crippen molar-refractivity contribution in [3.63, 3.8) is 0 Å². The molecule has 2 heteroatoms. The first kappa shape index (κ1) is 15.2. The van der Waals surface area contributed by atoms with E-state index in [1.165, 1.54) is 70.8 Å². The van der Waals surface area contributed by atoms with Gasteiger partial charge in [-0.05, 0) is 0 Å². The van der Waals surface area contributed by atoms with E-state index in [0.717, 1.165) is 27.9 Å². The van der Waals surface area contributed by atoms with Crippen molar-refractivity contribution in [2.45, 2.75) is 58.3 Å². The molecular weight excluding hydrogens is 241 g/mol. The van der Waals surface area contributed by atoms with Crippen LogP contribution in [-0.4, -0.2) is 32.9 Å².